The maximum Gasteiger partial charge on any atom is 0.338 e. The molecule has 0 saturated heterocycles. The third-order valence-electron chi connectivity index (χ3n) is 4.87. The molecule has 156 valence electrons. The number of ketones is 1. The van der Waals surface area contributed by atoms with Crippen LogP contribution in [0.5, 0.6) is 0 Å². The van der Waals surface area contributed by atoms with E-state index in [2.05, 4.69) is 0 Å². The second kappa shape index (κ2) is 8.10. The van der Waals surface area contributed by atoms with Crippen LogP contribution in [0.25, 0.3) is 16.6 Å². The quantitative estimate of drug-likeness (QED) is 0.318. The van der Waals surface area contributed by atoms with Gasteiger partial charge in [-0.15, -0.1) is 0 Å². The van der Waals surface area contributed by atoms with Gasteiger partial charge in [-0.05, 0) is 49.4 Å². The zero-order chi connectivity index (χ0) is 22.1. The molecular weight excluding hydrogens is 407 g/mol. The van der Waals surface area contributed by atoms with Crippen molar-refractivity contribution < 1.29 is 27.5 Å². The van der Waals surface area contributed by atoms with E-state index >= 15 is 0 Å². The van der Waals surface area contributed by atoms with Crippen molar-refractivity contribution in [2.75, 3.05) is 6.61 Å². The number of pyridine rings is 1. The number of carbonyl (C=O) groups excluding carboxylic acids is 2. The van der Waals surface area contributed by atoms with Crippen LogP contribution in [-0.4, -0.2) is 22.8 Å². The van der Waals surface area contributed by atoms with Crippen LogP contribution >= 0.6 is 0 Å². The van der Waals surface area contributed by atoms with Gasteiger partial charge in [0.1, 0.15) is 17.5 Å². The van der Waals surface area contributed by atoms with Crippen LogP contribution < -0.4 is 0 Å². The molecule has 0 aliphatic rings. The van der Waals surface area contributed by atoms with Gasteiger partial charge in [-0.1, -0.05) is 18.2 Å². The summed E-state index contributed by atoms with van der Waals surface area (Å²) in [6, 6.07) is 13.4. The van der Waals surface area contributed by atoms with Gasteiger partial charge in [0.25, 0.3) is 0 Å². The van der Waals surface area contributed by atoms with E-state index in [1.807, 2.05) is 0 Å². The summed E-state index contributed by atoms with van der Waals surface area (Å²) in [5, 5.41) is 0. The molecule has 7 heteroatoms. The molecule has 2 aromatic carbocycles. The summed E-state index contributed by atoms with van der Waals surface area (Å²) in [4.78, 5) is 24.9. The summed E-state index contributed by atoms with van der Waals surface area (Å²) < 4.78 is 49.6. The minimum absolute atomic E-state index is 0.0246. The Kier molecular flexibility index (Phi) is 5.33. The van der Waals surface area contributed by atoms with E-state index in [1.165, 1.54) is 28.7 Å². The Morgan fingerprint density at radius 1 is 0.871 bits per heavy atom. The van der Waals surface area contributed by atoms with Crippen molar-refractivity contribution in [2.45, 2.75) is 6.92 Å². The number of benzene rings is 2. The summed E-state index contributed by atoms with van der Waals surface area (Å²) in [5.74, 6) is -4.19. The Labute approximate surface area is 175 Å². The van der Waals surface area contributed by atoms with E-state index in [-0.39, 0.29) is 23.4 Å². The monoisotopic (exact) mass is 423 g/mol. The van der Waals surface area contributed by atoms with Crippen LogP contribution in [0, 0.1) is 17.5 Å². The molecule has 2 heterocycles. The lowest BCUT2D eigenvalue weighted by molar-refractivity contribution is 0.0525. The fraction of sp³-hybridized carbons (Fsp3) is 0.0833. The third kappa shape index (κ3) is 3.59. The summed E-state index contributed by atoms with van der Waals surface area (Å²) >= 11 is 0. The van der Waals surface area contributed by atoms with Crippen molar-refractivity contribution in [2.24, 2.45) is 0 Å². The number of nitrogens with zero attached hydrogens (tertiary/aromatic N) is 1. The first kappa shape index (κ1) is 20.4. The highest BCUT2D eigenvalue weighted by Gasteiger charge is 2.24. The normalized spacial score (nSPS) is 11.0. The zero-order valence-electron chi connectivity index (χ0n) is 16.4. The molecule has 0 saturated carbocycles. The van der Waals surface area contributed by atoms with Crippen LogP contribution in [0.1, 0.15) is 33.3 Å². The van der Waals surface area contributed by atoms with Gasteiger partial charge in [0.15, 0.2) is 0 Å². The average Bonchev–Trinajstić information content (AvgIpc) is 3.13. The Morgan fingerprint density at radius 3 is 2.29 bits per heavy atom. The molecule has 0 aliphatic carbocycles. The summed E-state index contributed by atoms with van der Waals surface area (Å²) in [6.45, 7) is 1.80. The molecule has 0 N–H and O–H groups in total. The number of carbonyl (C=O) groups is 2. The van der Waals surface area contributed by atoms with Crippen LogP contribution in [0.15, 0.2) is 66.9 Å². The number of halogens is 3. The van der Waals surface area contributed by atoms with E-state index in [0.717, 1.165) is 18.2 Å². The summed E-state index contributed by atoms with van der Waals surface area (Å²) in [7, 11) is 0. The highest BCUT2D eigenvalue weighted by atomic mass is 19.1. The van der Waals surface area contributed by atoms with Crippen molar-refractivity contribution in [3.63, 3.8) is 0 Å². The van der Waals surface area contributed by atoms with Gasteiger partial charge >= 0.3 is 5.97 Å². The first-order valence-electron chi connectivity index (χ1n) is 9.48. The second-order valence-corrected chi connectivity index (χ2v) is 6.74. The van der Waals surface area contributed by atoms with Gasteiger partial charge < -0.3 is 9.14 Å². The Morgan fingerprint density at radius 2 is 1.61 bits per heavy atom. The number of fused-ring (bicyclic) bond motifs is 1. The van der Waals surface area contributed by atoms with Gasteiger partial charge in [-0.3, -0.25) is 4.79 Å². The van der Waals surface area contributed by atoms with Crippen molar-refractivity contribution in [3.8, 4) is 11.1 Å². The maximum atomic E-state index is 14.9. The molecule has 0 radical (unpaired) electrons. The fourth-order valence-electron chi connectivity index (χ4n) is 3.46. The van der Waals surface area contributed by atoms with Gasteiger partial charge in [0.2, 0.25) is 5.78 Å². The highest BCUT2D eigenvalue weighted by molar-refractivity contribution is 6.10. The van der Waals surface area contributed by atoms with E-state index < -0.39 is 34.8 Å². The van der Waals surface area contributed by atoms with Crippen LogP contribution in [0.2, 0.25) is 0 Å². The third-order valence-corrected chi connectivity index (χ3v) is 4.87. The summed E-state index contributed by atoms with van der Waals surface area (Å²) in [5.41, 5.74) is 0.277. The van der Waals surface area contributed by atoms with Crippen LogP contribution in [-0.2, 0) is 4.74 Å². The van der Waals surface area contributed by atoms with Crippen LogP contribution in [0.3, 0.4) is 0 Å². The molecule has 0 unspecified atom stereocenters. The average molecular weight is 423 g/mol. The van der Waals surface area contributed by atoms with Crippen molar-refractivity contribution >= 4 is 17.3 Å². The molecule has 0 atom stereocenters. The number of ether oxygens (including phenoxy) is 1. The maximum absolute atomic E-state index is 14.9. The standard InChI is InChI=1S/C24H16F3NO3/c1-2-31-24(30)14-9-10-15(19(27)12-14)16-13-21(28-11-4-3-8-20(16)28)23(29)22-17(25)6-5-7-18(22)26/h3-13H,2H2,1H3. The van der Waals surface area contributed by atoms with Gasteiger partial charge in [-0.25, -0.2) is 18.0 Å². The van der Waals surface area contributed by atoms with Gasteiger partial charge in [0, 0.05) is 17.3 Å². The molecule has 0 bridgehead atoms. The zero-order valence-corrected chi connectivity index (χ0v) is 16.4. The number of hydrogen-bond acceptors (Lipinski definition) is 3. The lowest BCUT2D eigenvalue weighted by Crippen LogP contribution is -2.09. The molecule has 4 nitrogen and oxygen atoms in total. The predicted molar refractivity (Wildman–Crippen MR) is 109 cm³/mol. The Balaban J connectivity index is 1.87. The van der Waals surface area contributed by atoms with Crippen LogP contribution in [0.4, 0.5) is 13.2 Å². The number of esters is 1. The molecule has 2 aromatic heterocycles. The van der Waals surface area contributed by atoms with Crippen molar-refractivity contribution in [3.05, 3.63) is 101 Å². The number of rotatable bonds is 5. The highest BCUT2D eigenvalue weighted by Crippen LogP contribution is 2.32. The molecule has 0 spiro atoms. The van der Waals surface area contributed by atoms with E-state index in [4.69, 9.17) is 4.74 Å². The molecule has 0 aliphatic heterocycles. The topological polar surface area (TPSA) is 47.8 Å². The SMILES string of the molecule is CCOC(=O)c1ccc(-c2cc(C(=O)c3c(F)cccc3F)n3ccccc23)c(F)c1. The van der Waals surface area contributed by atoms with Gasteiger partial charge in [-0.2, -0.15) is 0 Å². The number of aromatic nitrogens is 1. The lowest BCUT2D eigenvalue weighted by Gasteiger charge is -2.06. The predicted octanol–water partition coefficient (Wildman–Crippen LogP) is 5.43. The Bertz CT molecular complexity index is 1310. The lowest BCUT2D eigenvalue weighted by atomic mass is 10.0. The molecule has 0 fully saturated rings. The van der Waals surface area contributed by atoms with Gasteiger partial charge in [0.05, 0.1) is 28.9 Å². The first-order chi connectivity index (χ1) is 14.9. The molecule has 4 rings (SSSR count). The molecule has 0 amide bonds. The van der Waals surface area contributed by atoms with E-state index in [1.54, 1.807) is 31.3 Å². The Hall–Kier alpha value is -3.87. The number of hydrogen-bond donors (Lipinski definition) is 0. The largest absolute Gasteiger partial charge is 0.462 e. The minimum atomic E-state index is -0.984. The fourth-order valence-corrected chi connectivity index (χ4v) is 3.46. The minimum Gasteiger partial charge on any atom is -0.462 e. The van der Waals surface area contributed by atoms with Crippen molar-refractivity contribution in [1.82, 2.24) is 4.40 Å². The summed E-state index contributed by atoms with van der Waals surface area (Å²) in [6.07, 6.45) is 1.55. The second-order valence-electron chi connectivity index (χ2n) is 6.74. The smallest absolute Gasteiger partial charge is 0.338 e. The first-order valence-corrected chi connectivity index (χ1v) is 9.48. The van der Waals surface area contributed by atoms with Crippen molar-refractivity contribution in [1.29, 1.82) is 0 Å². The van der Waals surface area contributed by atoms with E-state index in [9.17, 15) is 22.8 Å². The molecular formula is C24H16F3NO3. The van der Waals surface area contributed by atoms with E-state index in [0.29, 0.717) is 11.1 Å². The molecule has 31 heavy (non-hydrogen) atoms. The molecule has 4 aromatic rings.